The van der Waals surface area contributed by atoms with E-state index in [4.69, 9.17) is 4.52 Å². The highest BCUT2D eigenvalue weighted by molar-refractivity contribution is 8.56. The first-order chi connectivity index (χ1) is 9.45. The molecule has 1 unspecified atom stereocenters. The van der Waals surface area contributed by atoms with Crippen molar-refractivity contribution in [2.24, 2.45) is 5.92 Å². The molecule has 0 heterocycles. The molecule has 1 rings (SSSR count). The molecule has 2 N–H and O–H groups in total. The first-order valence-electron chi connectivity index (χ1n) is 6.48. The lowest BCUT2D eigenvalue weighted by atomic mass is 10.3. The molecule has 0 fully saturated rings. The Kier molecular flexibility index (Phi) is 7.13. The van der Waals surface area contributed by atoms with Crippen molar-refractivity contribution >= 4 is 29.8 Å². The van der Waals surface area contributed by atoms with Gasteiger partial charge in [0.25, 0.3) is 0 Å². The van der Waals surface area contributed by atoms with Gasteiger partial charge in [-0.25, -0.2) is 4.79 Å². The fourth-order valence-electron chi connectivity index (χ4n) is 1.32. The second-order valence-electron chi connectivity index (χ2n) is 4.54. The fourth-order valence-corrected chi connectivity index (χ4v) is 5.13. The van der Waals surface area contributed by atoms with Gasteiger partial charge in [-0.15, -0.1) is 0 Å². The largest absolute Gasteiger partial charge is 0.354 e. The van der Waals surface area contributed by atoms with Crippen LogP contribution in [0.1, 0.15) is 20.8 Å². The average molecular weight is 316 g/mol. The summed E-state index contributed by atoms with van der Waals surface area (Å²) in [5.74, 6) is 1.02. The minimum atomic E-state index is -3.21. The van der Waals surface area contributed by atoms with Crippen molar-refractivity contribution < 1.29 is 13.9 Å². The highest BCUT2D eigenvalue weighted by Crippen LogP contribution is 2.56. The molecule has 2 amide bonds. The molecule has 7 heteroatoms. The van der Waals surface area contributed by atoms with Crippen LogP contribution in [0.3, 0.4) is 0 Å². The Hall–Kier alpha value is -0.970. The third-order valence-corrected chi connectivity index (χ3v) is 6.43. The van der Waals surface area contributed by atoms with Crippen LogP contribution in [0, 0.1) is 5.92 Å². The summed E-state index contributed by atoms with van der Waals surface area (Å²) >= 11 is 1.16. The topological polar surface area (TPSA) is 67.4 Å². The van der Waals surface area contributed by atoms with E-state index in [0.717, 1.165) is 11.4 Å². The number of anilines is 1. The molecule has 0 saturated carbocycles. The van der Waals surface area contributed by atoms with Crippen LogP contribution in [0.2, 0.25) is 0 Å². The van der Waals surface area contributed by atoms with Crippen molar-refractivity contribution in [3.05, 3.63) is 30.3 Å². The number of carbonyl (C=O) groups is 1. The summed E-state index contributed by atoms with van der Waals surface area (Å²) in [7, 11) is 0. The van der Waals surface area contributed by atoms with E-state index in [0.29, 0.717) is 17.4 Å². The number of nitrogens with one attached hydrogen (secondary N) is 2. The monoisotopic (exact) mass is 316 g/mol. The summed E-state index contributed by atoms with van der Waals surface area (Å²) < 4.78 is 17.7. The zero-order valence-electron chi connectivity index (χ0n) is 12.0. The van der Waals surface area contributed by atoms with Crippen LogP contribution in [0.25, 0.3) is 0 Å². The Morgan fingerprint density at radius 3 is 2.55 bits per heavy atom. The molecule has 0 spiro atoms. The number of hydrogen-bond donors (Lipinski definition) is 2. The highest BCUT2D eigenvalue weighted by Gasteiger charge is 2.26. The smallest absolute Gasteiger partial charge is 0.308 e. The number of hydrogen-bond acceptors (Lipinski definition) is 4. The number of rotatable bonds is 7. The molecule has 0 aliphatic heterocycles. The van der Waals surface area contributed by atoms with E-state index in [1.165, 1.54) is 0 Å². The zero-order valence-corrected chi connectivity index (χ0v) is 13.7. The summed E-state index contributed by atoms with van der Waals surface area (Å²) in [6.45, 7) is 2.87. The Labute approximate surface area is 124 Å². The SMILES string of the molecule is CCOP(=O)(NC(=O)Nc1ccccc1)SCC(C)C. The highest BCUT2D eigenvalue weighted by atomic mass is 32.7. The second kappa shape index (κ2) is 8.35. The van der Waals surface area contributed by atoms with Crippen LogP contribution in [0.15, 0.2) is 30.3 Å². The van der Waals surface area contributed by atoms with E-state index in [1.807, 2.05) is 32.0 Å². The molecule has 0 saturated heterocycles. The molecular weight excluding hydrogens is 295 g/mol. The molecule has 0 radical (unpaired) electrons. The summed E-state index contributed by atoms with van der Waals surface area (Å²) in [5, 5.41) is 5.07. The van der Waals surface area contributed by atoms with E-state index < -0.39 is 12.8 Å². The van der Waals surface area contributed by atoms with Crippen molar-refractivity contribution in [1.82, 2.24) is 5.09 Å². The molecule has 0 aromatic heterocycles. The third kappa shape index (κ3) is 6.46. The van der Waals surface area contributed by atoms with Gasteiger partial charge in [-0.2, -0.15) is 0 Å². The van der Waals surface area contributed by atoms with E-state index in [-0.39, 0.29) is 6.61 Å². The maximum atomic E-state index is 12.5. The van der Waals surface area contributed by atoms with E-state index in [9.17, 15) is 9.36 Å². The zero-order chi connectivity index (χ0) is 15.0. The van der Waals surface area contributed by atoms with Gasteiger partial charge in [-0.3, -0.25) is 9.65 Å². The minimum Gasteiger partial charge on any atom is -0.308 e. The Morgan fingerprint density at radius 1 is 1.35 bits per heavy atom. The summed E-state index contributed by atoms with van der Waals surface area (Å²) in [5.41, 5.74) is 0.641. The molecule has 1 aromatic carbocycles. The van der Waals surface area contributed by atoms with Gasteiger partial charge < -0.3 is 9.84 Å². The summed E-state index contributed by atoms with van der Waals surface area (Å²) in [6.07, 6.45) is 0. The molecule has 5 nitrogen and oxygen atoms in total. The van der Waals surface area contributed by atoms with E-state index >= 15 is 0 Å². The Bertz CT molecular complexity index is 468. The van der Waals surface area contributed by atoms with Gasteiger partial charge in [-0.1, -0.05) is 32.0 Å². The lowest BCUT2D eigenvalue weighted by Crippen LogP contribution is -2.26. The van der Waals surface area contributed by atoms with Crippen molar-refractivity contribution in [2.75, 3.05) is 17.7 Å². The maximum absolute atomic E-state index is 12.5. The predicted molar refractivity (Wildman–Crippen MR) is 85.1 cm³/mol. The van der Waals surface area contributed by atoms with Gasteiger partial charge in [-0.05, 0) is 36.4 Å². The molecule has 112 valence electrons. The number of urea groups is 1. The van der Waals surface area contributed by atoms with Gasteiger partial charge in [0.2, 0.25) is 0 Å². The summed E-state index contributed by atoms with van der Waals surface area (Å²) in [6, 6.07) is 8.46. The van der Waals surface area contributed by atoms with Crippen molar-refractivity contribution in [1.29, 1.82) is 0 Å². The van der Waals surface area contributed by atoms with Crippen LogP contribution in [0.5, 0.6) is 0 Å². The number of para-hydroxylation sites is 1. The van der Waals surface area contributed by atoms with Crippen LogP contribution in [-0.4, -0.2) is 18.4 Å². The van der Waals surface area contributed by atoms with Gasteiger partial charge in [0.05, 0.1) is 6.61 Å². The van der Waals surface area contributed by atoms with Gasteiger partial charge in [0, 0.05) is 11.4 Å². The van der Waals surface area contributed by atoms with Gasteiger partial charge in [0.1, 0.15) is 0 Å². The molecule has 1 aromatic rings. The van der Waals surface area contributed by atoms with Crippen LogP contribution in [-0.2, 0) is 9.09 Å². The molecular formula is C13H21N2O3PS. The molecule has 20 heavy (non-hydrogen) atoms. The molecule has 0 aliphatic rings. The number of carbonyl (C=O) groups excluding carboxylic acids is 1. The van der Waals surface area contributed by atoms with Crippen molar-refractivity contribution in [3.63, 3.8) is 0 Å². The first-order valence-corrected chi connectivity index (χ1v) is 9.70. The van der Waals surface area contributed by atoms with Crippen molar-refractivity contribution in [2.45, 2.75) is 20.8 Å². The van der Waals surface area contributed by atoms with Crippen LogP contribution in [0.4, 0.5) is 10.5 Å². The third-order valence-electron chi connectivity index (χ3n) is 2.15. The second-order valence-corrected chi connectivity index (χ2v) is 8.82. The fraction of sp³-hybridized carbons (Fsp3) is 0.462. The molecule has 0 bridgehead atoms. The standard InChI is InChI=1S/C13H21N2O3PS/c1-4-18-19(17,20-10-11(2)3)15-13(16)14-12-8-6-5-7-9-12/h5-9,11H,4,10H2,1-3H3,(H2,14,15,16,17). The quantitative estimate of drug-likeness (QED) is 0.734. The predicted octanol–water partition coefficient (Wildman–Crippen LogP) is 4.34. The summed E-state index contributed by atoms with van der Waals surface area (Å²) in [4.78, 5) is 11.9. The Balaban J connectivity index is 2.60. The van der Waals surface area contributed by atoms with Gasteiger partial charge in [0.15, 0.2) is 0 Å². The van der Waals surface area contributed by atoms with Crippen LogP contribution >= 0.6 is 18.1 Å². The van der Waals surface area contributed by atoms with E-state index in [2.05, 4.69) is 10.4 Å². The molecule has 1 atom stereocenters. The maximum Gasteiger partial charge on any atom is 0.354 e. The van der Waals surface area contributed by atoms with Gasteiger partial charge >= 0.3 is 12.8 Å². The average Bonchev–Trinajstić information content (AvgIpc) is 2.37. The number of amides is 2. The number of benzene rings is 1. The Morgan fingerprint density at radius 2 is 2.00 bits per heavy atom. The lowest BCUT2D eigenvalue weighted by Gasteiger charge is -2.19. The minimum absolute atomic E-state index is 0.286. The van der Waals surface area contributed by atoms with Crippen molar-refractivity contribution in [3.8, 4) is 0 Å². The van der Waals surface area contributed by atoms with Crippen LogP contribution < -0.4 is 10.4 Å². The normalized spacial score (nSPS) is 13.8. The first kappa shape index (κ1) is 17.1. The molecule has 0 aliphatic carbocycles. The lowest BCUT2D eigenvalue weighted by molar-refractivity contribution is 0.254. The van der Waals surface area contributed by atoms with E-state index in [1.54, 1.807) is 19.1 Å².